The Morgan fingerprint density at radius 2 is 1.78 bits per heavy atom. The minimum atomic E-state index is -0.940. The van der Waals surface area contributed by atoms with E-state index in [1.165, 1.54) is 0 Å². The summed E-state index contributed by atoms with van der Waals surface area (Å²) in [5, 5.41) is 8.22. The Bertz CT molecular complexity index is 138. The molecule has 4 nitrogen and oxygen atoms in total. The molecule has 0 heterocycles. The predicted octanol–water partition coefficient (Wildman–Crippen LogP) is -0.734. The fraction of sp³-hybridized carbons (Fsp3) is 0.600. The minimum Gasteiger partial charge on any atom is -0.316 e. The van der Waals surface area contributed by atoms with Gasteiger partial charge in [0.2, 0.25) is 0 Å². The van der Waals surface area contributed by atoms with Gasteiger partial charge in [0.15, 0.2) is 11.6 Å². The van der Waals surface area contributed by atoms with Crippen molar-refractivity contribution in [2.45, 2.75) is 18.9 Å². The van der Waals surface area contributed by atoms with E-state index in [2.05, 4.69) is 0 Å². The van der Waals surface area contributed by atoms with Gasteiger partial charge in [-0.3, -0.25) is 9.59 Å². The van der Waals surface area contributed by atoms with Crippen molar-refractivity contribution < 1.29 is 14.8 Å². The molecule has 0 saturated heterocycles. The number of nitrogens with one attached hydrogen (secondary N) is 1. The molecule has 0 bridgehead atoms. The molecule has 2 N–H and O–H groups in total. The number of carbonyl (C=O) groups is 2. The maximum Gasteiger partial charge on any atom is 0.160 e. The number of hydroxylamine groups is 1. The smallest absolute Gasteiger partial charge is 0.160 e. The topological polar surface area (TPSA) is 66.4 Å². The lowest BCUT2D eigenvalue weighted by atomic mass is 10.2. The molecule has 0 aromatic rings. The first kappa shape index (κ1) is 6.38. The second-order valence-electron chi connectivity index (χ2n) is 1.99. The summed E-state index contributed by atoms with van der Waals surface area (Å²) in [6, 6.07) is -0.940. The van der Waals surface area contributed by atoms with E-state index < -0.39 is 6.04 Å². The molecule has 0 unspecified atom stereocenters. The van der Waals surface area contributed by atoms with Gasteiger partial charge in [-0.25, -0.2) is 0 Å². The molecular formula is C5H7NO3. The maximum atomic E-state index is 10.6. The molecule has 1 aliphatic rings. The molecular weight excluding hydrogens is 122 g/mol. The molecule has 4 heteroatoms. The number of hydrogen-bond donors (Lipinski definition) is 2. The van der Waals surface area contributed by atoms with Gasteiger partial charge in [-0.05, 0) is 0 Å². The molecule has 1 aliphatic carbocycles. The van der Waals surface area contributed by atoms with E-state index in [4.69, 9.17) is 5.21 Å². The summed E-state index contributed by atoms with van der Waals surface area (Å²) >= 11 is 0. The van der Waals surface area contributed by atoms with E-state index in [-0.39, 0.29) is 24.4 Å². The number of hydrogen-bond acceptors (Lipinski definition) is 4. The van der Waals surface area contributed by atoms with Gasteiger partial charge in [0.05, 0.1) is 0 Å². The molecule has 0 spiro atoms. The summed E-state index contributed by atoms with van der Waals surface area (Å²) < 4.78 is 0. The third kappa shape index (κ3) is 0.988. The Labute approximate surface area is 51.8 Å². The van der Waals surface area contributed by atoms with Gasteiger partial charge in [0, 0.05) is 12.8 Å². The van der Waals surface area contributed by atoms with Crippen LogP contribution >= 0.6 is 0 Å². The van der Waals surface area contributed by atoms with Crippen molar-refractivity contribution >= 4 is 11.6 Å². The molecule has 1 saturated carbocycles. The maximum absolute atomic E-state index is 10.6. The molecule has 0 radical (unpaired) electrons. The largest absolute Gasteiger partial charge is 0.316 e. The van der Waals surface area contributed by atoms with Crippen LogP contribution in [-0.2, 0) is 9.59 Å². The monoisotopic (exact) mass is 129 g/mol. The van der Waals surface area contributed by atoms with Crippen molar-refractivity contribution in [2.24, 2.45) is 0 Å². The fourth-order valence-corrected chi connectivity index (χ4v) is 0.859. The van der Waals surface area contributed by atoms with Gasteiger partial charge in [0.25, 0.3) is 0 Å². The van der Waals surface area contributed by atoms with Crippen molar-refractivity contribution in [3.8, 4) is 0 Å². The third-order valence-electron chi connectivity index (χ3n) is 1.39. The minimum absolute atomic E-state index is 0.220. The van der Waals surface area contributed by atoms with Crippen LogP contribution in [0.5, 0.6) is 0 Å². The highest BCUT2D eigenvalue weighted by molar-refractivity contribution is 6.12. The second-order valence-corrected chi connectivity index (χ2v) is 1.99. The van der Waals surface area contributed by atoms with Gasteiger partial charge in [-0.1, -0.05) is 0 Å². The first-order chi connectivity index (χ1) is 4.25. The standard InChI is InChI=1S/C5H7NO3/c7-3-1-2-4(8)5(3)6-9/h5-6,9H,1-2H2. The van der Waals surface area contributed by atoms with E-state index in [9.17, 15) is 9.59 Å². The van der Waals surface area contributed by atoms with Crippen LogP contribution in [0.3, 0.4) is 0 Å². The van der Waals surface area contributed by atoms with Crippen LogP contribution in [0.15, 0.2) is 0 Å². The fourth-order valence-electron chi connectivity index (χ4n) is 0.859. The van der Waals surface area contributed by atoms with Gasteiger partial charge in [0.1, 0.15) is 6.04 Å². The van der Waals surface area contributed by atoms with Crippen molar-refractivity contribution in [3.05, 3.63) is 0 Å². The molecule has 50 valence electrons. The van der Waals surface area contributed by atoms with E-state index in [0.717, 1.165) is 0 Å². The summed E-state index contributed by atoms with van der Waals surface area (Å²) in [6.07, 6.45) is 0.522. The van der Waals surface area contributed by atoms with E-state index >= 15 is 0 Å². The number of Topliss-reactive ketones (excluding diaryl/α,β-unsaturated/α-hetero) is 2. The Kier molecular flexibility index (Phi) is 1.59. The zero-order valence-corrected chi connectivity index (χ0v) is 4.76. The molecule has 0 aromatic heterocycles. The first-order valence-electron chi connectivity index (χ1n) is 2.70. The number of rotatable bonds is 1. The van der Waals surface area contributed by atoms with Gasteiger partial charge >= 0.3 is 0 Å². The summed E-state index contributed by atoms with van der Waals surface area (Å²) in [5.41, 5.74) is 1.66. The highest BCUT2D eigenvalue weighted by atomic mass is 16.5. The molecule has 0 aromatic carbocycles. The molecule has 0 atom stereocenters. The van der Waals surface area contributed by atoms with Crippen LogP contribution in [0.1, 0.15) is 12.8 Å². The predicted molar refractivity (Wildman–Crippen MR) is 28.0 cm³/mol. The number of carbonyl (C=O) groups excluding carboxylic acids is 2. The van der Waals surface area contributed by atoms with Crippen LogP contribution < -0.4 is 5.48 Å². The van der Waals surface area contributed by atoms with E-state index in [1.54, 1.807) is 5.48 Å². The second kappa shape index (κ2) is 2.24. The molecule has 9 heavy (non-hydrogen) atoms. The van der Waals surface area contributed by atoms with Gasteiger partial charge in [-0.15, -0.1) is 0 Å². The average Bonchev–Trinajstić information content (AvgIpc) is 2.12. The summed E-state index contributed by atoms with van der Waals surface area (Å²) in [6.45, 7) is 0. The van der Waals surface area contributed by atoms with Crippen LogP contribution in [-0.4, -0.2) is 22.8 Å². The lowest BCUT2D eigenvalue weighted by Crippen LogP contribution is -2.35. The van der Waals surface area contributed by atoms with E-state index in [1.807, 2.05) is 0 Å². The van der Waals surface area contributed by atoms with Crippen LogP contribution in [0.25, 0.3) is 0 Å². The van der Waals surface area contributed by atoms with Crippen molar-refractivity contribution in [2.75, 3.05) is 0 Å². The molecule has 1 fully saturated rings. The van der Waals surface area contributed by atoms with E-state index in [0.29, 0.717) is 0 Å². The van der Waals surface area contributed by atoms with Crippen LogP contribution in [0.2, 0.25) is 0 Å². The zero-order chi connectivity index (χ0) is 6.85. The van der Waals surface area contributed by atoms with Crippen molar-refractivity contribution in [1.29, 1.82) is 0 Å². The number of ketones is 2. The average molecular weight is 129 g/mol. The highest BCUT2D eigenvalue weighted by Gasteiger charge is 2.31. The summed E-state index contributed by atoms with van der Waals surface area (Å²) in [7, 11) is 0. The van der Waals surface area contributed by atoms with Crippen LogP contribution in [0, 0.1) is 0 Å². The Morgan fingerprint density at radius 1 is 1.33 bits per heavy atom. The Morgan fingerprint density at radius 3 is 2.00 bits per heavy atom. The third-order valence-corrected chi connectivity index (χ3v) is 1.39. The Hall–Kier alpha value is -0.740. The summed E-state index contributed by atoms with van der Waals surface area (Å²) in [5.74, 6) is -0.440. The molecule has 0 amide bonds. The lowest BCUT2D eigenvalue weighted by Gasteiger charge is -1.99. The van der Waals surface area contributed by atoms with Crippen LogP contribution in [0.4, 0.5) is 0 Å². The molecule has 0 aliphatic heterocycles. The van der Waals surface area contributed by atoms with Gasteiger partial charge < -0.3 is 5.21 Å². The SMILES string of the molecule is O=C1CCC(=O)C1NO. The lowest BCUT2D eigenvalue weighted by molar-refractivity contribution is -0.127. The summed E-state index contributed by atoms with van der Waals surface area (Å²) in [4.78, 5) is 21.1. The van der Waals surface area contributed by atoms with Gasteiger partial charge in [-0.2, -0.15) is 5.48 Å². The quantitative estimate of drug-likeness (QED) is 0.361. The zero-order valence-electron chi connectivity index (χ0n) is 4.76. The first-order valence-corrected chi connectivity index (χ1v) is 2.70. The Balaban J connectivity index is 2.66. The van der Waals surface area contributed by atoms with Crippen molar-refractivity contribution in [1.82, 2.24) is 5.48 Å². The van der Waals surface area contributed by atoms with Crippen molar-refractivity contribution in [3.63, 3.8) is 0 Å². The highest BCUT2D eigenvalue weighted by Crippen LogP contribution is 2.09. The molecule has 1 rings (SSSR count). The normalized spacial score (nSPS) is 21.4.